The van der Waals surface area contributed by atoms with Gasteiger partial charge in [0.2, 0.25) is 6.41 Å². The molecule has 0 unspecified atom stereocenters. The van der Waals surface area contributed by atoms with Gasteiger partial charge >= 0.3 is 0 Å². The molecule has 0 spiro atoms. The van der Waals surface area contributed by atoms with Crippen molar-refractivity contribution in [1.29, 1.82) is 0 Å². The first kappa shape index (κ1) is 17.2. The fraction of sp³-hybridized carbons (Fsp3) is 0.250. The van der Waals surface area contributed by atoms with E-state index in [0.717, 1.165) is 24.4 Å². The molecule has 0 bridgehead atoms. The number of sulfonamides is 1. The lowest BCUT2D eigenvalue weighted by Gasteiger charge is -2.33. The first-order valence-electron chi connectivity index (χ1n) is 7.67. The van der Waals surface area contributed by atoms with Gasteiger partial charge in [-0.2, -0.15) is 0 Å². The van der Waals surface area contributed by atoms with Gasteiger partial charge in [-0.15, -0.1) is 0 Å². The zero-order valence-corrected chi connectivity index (χ0v) is 14.1. The quantitative estimate of drug-likeness (QED) is 0.809. The summed E-state index contributed by atoms with van der Waals surface area (Å²) in [7, 11) is -3.79. The number of carbonyl (C=O) groups is 1. The van der Waals surface area contributed by atoms with Gasteiger partial charge in [0, 0.05) is 26.2 Å². The first-order valence-corrected chi connectivity index (χ1v) is 9.15. The number of nitrogens with one attached hydrogen (secondary N) is 1. The fourth-order valence-electron chi connectivity index (χ4n) is 2.52. The van der Waals surface area contributed by atoms with Gasteiger partial charge in [-0.3, -0.25) is 9.52 Å². The van der Waals surface area contributed by atoms with E-state index in [1.165, 1.54) is 18.3 Å². The first-order chi connectivity index (χ1) is 12.0. The number of pyridine rings is 1. The van der Waals surface area contributed by atoms with Gasteiger partial charge in [0.15, 0.2) is 0 Å². The van der Waals surface area contributed by atoms with E-state index in [1.807, 2.05) is 4.90 Å². The minimum absolute atomic E-state index is 0.0250. The summed E-state index contributed by atoms with van der Waals surface area (Å²) in [6, 6.07) is 7.93. The molecule has 1 aromatic carbocycles. The van der Waals surface area contributed by atoms with Gasteiger partial charge in [0.25, 0.3) is 10.0 Å². The predicted molar refractivity (Wildman–Crippen MR) is 91.3 cm³/mol. The number of hydrogen-bond donors (Lipinski definition) is 1. The van der Waals surface area contributed by atoms with Crippen molar-refractivity contribution >= 4 is 27.9 Å². The Morgan fingerprint density at radius 1 is 1.04 bits per heavy atom. The number of amides is 1. The molecule has 1 aromatic heterocycles. The minimum atomic E-state index is -3.79. The van der Waals surface area contributed by atoms with Crippen LogP contribution in [0.3, 0.4) is 0 Å². The number of hydrogen-bond acceptors (Lipinski definition) is 5. The smallest absolute Gasteiger partial charge is 0.261 e. The highest BCUT2D eigenvalue weighted by molar-refractivity contribution is 7.92. The summed E-state index contributed by atoms with van der Waals surface area (Å²) in [6.07, 6.45) is 2.26. The molecular weight excluding hydrogens is 347 g/mol. The number of piperazine rings is 1. The predicted octanol–water partition coefficient (Wildman–Crippen LogP) is 1.30. The van der Waals surface area contributed by atoms with Crippen LogP contribution in [0.2, 0.25) is 0 Å². The molecule has 1 amide bonds. The van der Waals surface area contributed by atoms with Gasteiger partial charge in [-0.05, 0) is 36.4 Å². The molecular formula is C16H17FN4O3S. The maximum Gasteiger partial charge on any atom is 0.261 e. The summed E-state index contributed by atoms with van der Waals surface area (Å²) in [5.41, 5.74) is 0.319. The summed E-state index contributed by atoms with van der Waals surface area (Å²) in [4.78, 5) is 18.7. The molecule has 1 aliphatic rings. The Bertz CT molecular complexity index is 833. The molecule has 0 atom stereocenters. The number of aromatic nitrogens is 1. The van der Waals surface area contributed by atoms with E-state index in [1.54, 1.807) is 17.0 Å². The summed E-state index contributed by atoms with van der Waals surface area (Å²) in [6.45, 7) is 2.60. The van der Waals surface area contributed by atoms with E-state index in [9.17, 15) is 17.6 Å². The molecule has 0 saturated carbocycles. The van der Waals surface area contributed by atoms with Crippen molar-refractivity contribution in [3.05, 3.63) is 48.4 Å². The maximum absolute atomic E-state index is 12.9. The zero-order chi connectivity index (χ0) is 17.9. The number of benzene rings is 1. The number of rotatable bonds is 5. The molecule has 7 nitrogen and oxygen atoms in total. The highest BCUT2D eigenvalue weighted by Crippen LogP contribution is 2.19. The fourth-order valence-corrected chi connectivity index (χ4v) is 3.56. The summed E-state index contributed by atoms with van der Waals surface area (Å²) in [5, 5.41) is 0. The van der Waals surface area contributed by atoms with Gasteiger partial charge in [-0.1, -0.05) is 0 Å². The monoisotopic (exact) mass is 364 g/mol. The lowest BCUT2D eigenvalue weighted by molar-refractivity contribution is -0.118. The van der Waals surface area contributed by atoms with Crippen molar-refractivity contribution < 1.29 is 17.6 Å². The number of halogens is 1. The molecule has 1 saturated heterocycles. The van der Waals surface area contributed by atoms with Crippen LogP contribution in [-0.2, 0) is 14.8 Å². The second-order valence-electron chi connectivity index (χ2n) is 5.59. The average molecular weight is 364 g/mol. The number of anilines is 2. The maximum atomic E-state index is 12.9. The Morgan fingerprint density at radius 3 is 2.28 bits per heavy atom. The molecule has 3 rings (SSSR count). The Labute approximate surface area is 145 Å². The lowest BCUT2D eigenvalue weighted by Crippen LogP contribution is -2.46. The van der Waals surface area contributed by atoms with E-state index < -0.39 is 15.8 Å². The number of carbonyl (C=O) groups excluding carboxylic acids is 1. The third kappa shape index (κ3) is 4.05. The molecule has 0 radical (unpaired) electrons. The third-order valence-electron chi connectivity index (χ3n) is 3.91. The van der Waals surface area contributed by atoms with Crippen molar-refractivity contribution in [2.45, 2.75) is 4.90 Å². The molecule has 1 fully saturated rings. The molecule has 25 heavy (non-hydrogen) atoms. The second kappa shape index (κ2) is 7.06. The lowest BCUT2D eigenvalue weighted by atomic mass is 10.3. The van der Waals surface area contributed by atoms with E-state index in [4.69, 9.17) is 0 Å². The second-order valence-corrected chi connectivity index (χ2v) is 7.28. The van der Waals surface area contributed by atoms with Crippen molar-refractivity contribution in [3.63, 3.8) is 0 Å². The summed E-state index contributed by atoms with van der Waals surface area (Å²) in [5.74, 6) is 0.218. The van der Waals surface area contributed by atoms with Gasteiger partial charge in [0.05, 0.1) is 16.8 Å². The normalized spacial score (nSPS) is 15.1. The highest BCUT2D eigenvalue weighted by atomic mass is 32.2. The topological polar surface area (TPSA) is 82.6 Å². The Morgan fingerprint density at radius 2 is 1.72 bits per heavy atom. The van der Waals surface area contributed by atoms with Crippen LogP contribution in [0.25, 0.3) is 0 Å². The summed E-state index contributed by atoms with van der Waals surface area (Å²) >= 11 is 0. The van der Waals surface area contributed by atoms with Gasteiger partial charge < -0.3 is 9.80 Å². The van der Waals surface area contributed by atoms with E-state index in [2.05, 4.69) is 9.71 Å². The van der Waals surface area contributed by atoms with Crippen molar-refractivity contribution in [2.24, 2.45) is 0 Å². The van der Waals surface area contributed by atoms with Crippen molar-refractivity contribution in [2.75, 3.05) is 35.8 Å². The van der Waals surface area contributed by atoms with Crippen molar-refractivity contribution in [1.82, 2.24) is 9.88 Å². The average Bonchev–Trinajstić information content (AvgIpc) is 2.62. The molecule has 1 aliphatic heterocycles. The van der Waals surface area contributed by atoms with Crippen LogP contribution in [0, 0.1) is 5.82 Å². The Kier molecular flexibility index (Phi) is 4.84. The number of nitrogens with zero attached hydrogens (tertiary/aromatic N) is 3. The SMILES string of the molecule is O=CN1CCN(c2ccc(NS(=O)(=O)c3ccc(F)cc3)cn2)CC1. The molecule has 0 aliphatic carbocycles. The van der Waals surface area contributed by atoms with Crippen LogP contribution < -0.4 is 9.62 Å². The largest absolute Gasteiger partial charge is 0.353 e. The molecule has 132 valence electrons. The van der Waals surface area contributed by atoms with Crippen LogP contribution in [0.1, 0.15) is 0 Å². The third-order valence-corrected chi connectivity index (χ3v) is 5.31. The molecule has 2 heterocycles. The highest BCUT2D eigenvalue weighted by Gasteiger charge is 2.18. The van der Waals surface area contributed by atoms with Crippen LogP contribution in [0.15, 0.2) is 47.5 Å². The Balaban J connectivity index is 1.68. The van der Waals surface area contributed by atoms with E-state index >= 15 is 0 Å². The van der Waals surface area contributed by atoms with E-state index in [0.29, 0.717) is 31.9 Å². The molecule has 2 aromatic rings. The Hall–Kier alpha value is -2.68. The van der Waals surface area contributed by atoms with Gasteiger partial charge in [0.1, 0.15) is 11.6 Å². The molecule has 9 heteroatoms. The van der Waals surface area contributed by atoms with E-state index in [-0.39, 0.29) is 4.90 Å². The minimum Gasteiger partial charge on any atom is -0.353 e. The van der Waals surface area contributed by atoms with Crippen LogP contribution >= 0.6 is 0 Å². The van der Waals surface area contributed by atoms with Crippen LogP contribution in [0.5, 0.6) is 0 Å². The summed E-state index contributed by atoms with van der Waals surface area (Å²) < 4.78 is 39.8. The molecule has 1 N–H and O–H groups in total. The van der Waals surface area contributed by atoms with Crippen LogP contribution in [-0.4, -0.2) is 50.9 Å². The zero-order valence-electron chi connectivity index (χ0n) is 13.3. The standard InChI is InChI=1S/C16H17FN4O3S/c17-13-1-4-15(5-2-13)25(23,24)19-14-3-6-16(18-11-14)21-9-7-20(12-22)8-10-21/h1-6,11-12,19H,7-10H2. The van der Waals surface area contributed by atoms with Gasteiger partial charge in [-0.25, -0.2) is 17.8 Å². The van der Waals surface area contributed by atoms with Crippen LogP contribution in [0.4, 0.5) is 15.9 Å². The van der Waals surface area contributed by atoms with Crippen molar-refractivity contribution in [3.8, 4) is 0 Å².